The first-order valence-corrected chi connectivity index (χ1v) is 5.37. The van der Waals surface area contributed by atoms with E-state index in [2.05, 4.69) is 24.2 Å². The highest BCUT2D eigenvalue weighted by molar-refractivity contribution is 5.27. The predicted octanol–water partition coefficient (Wildman–Crippen LogP) is 2.53. The van der Waals surface area contributed by atoms with E-state index in [1.807, 2.05) is 29.1 Å². The number of ether oxygens (including phenoxy) is 1. The van der Waals surface area contributed by atoms with Gasteiger partial charge in [0.1, 0.15) is 5.75 Å². The van der Waals surface area contributed by atoms with Crippen LogP contribution < -0.4 is 4.74 Å². The minimum absolute atomic E-state index is 0.665. The van der Waals surface area contributed by atoms with Crippen molar-refractivity contribution in [3.05, 3.63) is 55.2 Å². The molecule has 1 aromatic heterocycles. The molecule has 0 N–H and O–H groups in total. The molecule has 0 amide bonds. The molecule has 0 saturated heterocycles. The average Bonchev–Trinajstić information content (AvgIpc) is 2.81. The summed E-state index contributed by atoms with van der Waals surface area (Å²) in [7, 11) is 0. The number of aromatic nitrogens is 2. The highest BCUT2D eigenvalue weighted by atomic mass is 16.5. The van der Waals surface area contributed by atoms with E-state index in [-0.39, 0.29) is 0 Å². The number of nitrogens with zero attached hydrogens (tertiary/aromatic N) is 2. The SMILES string of the molecule is [CH2]CCOc1ccc(Cn2cccn2)cc1. The van der Waals surface area contributed by atoms with Crippen molar-refractivity contribution in [2.45, 2.75) is 13.0 Å². The van der Waals surface area contributed by atoms with E-state index >= 15 is 0 Å². The fourth-order valence-corrected chi connectivity index (χ4v) is 1.46. The molecule has 2 aromatic rings. The van der Waals surface area contributed by atoms with Gasteiger partial charge in [0.15, 0.2) is 0 Å². The molecule has 1 aromatic carbocycles. The van der Waals surface area contributed by atoms with Gasteiger partial charge < -0.3 is 4.74 Å². The summed E-state index contributed by atoms with van der Waals surface area (Å²) in [4.78, 5) is 0. The van der Waals surface area contributed by atoms with Crippen molar-refractivity contribution >= 4 is 0 Å². The average molecular weight is 215 g/mol. The Bertz CT molecular complexity index is 406. The third-order valence-corrected chi connectivity index (χ3v) is 2.24. The van der Waals surface area contributed by atoms with Crippen LogP contribution in [0.25, 0.3) is 0 Å². The third kappa shape index (κ3) is 2.86. The van der Waals surface area contributed by atoms with Crippen LogP contribution >= 0.6 is 0 Å². The second-order valence-electron chi connectivity index (χ2n) is 3.55. The van der Waals surface area contributed by atoms with Crippen LogP contribution in [-0.2, 0) is 6.54 Å². The molecule has 0 aliphatic rings. The van der Waals surface area contributed by atoms with Crippen molar-refractivity contribution in [3.8, 4) is 5.75 Å². The van der Waals surface area contributed by atoms with Crippen LogP contribution in [0.1, 0.15) is 12.0 Å². The van der Waals surface area contributed by atoms with Gasteiger partial charge in [-0.15, -0.1) is 0 Å². The lowest BCUT2D eigenvalue weighted by atomic mass is 10.2. The molecular weight excluding hydrogens is 200 g/mol. The molecule has 0 spiro atoms. The zero-order valence-electron chi connectivity index (χ0n) is 9.17. The Morgan fingerprint density at radius 2 is 2.06 bits per heavy atom. The summed E-state index contributed by atoms with van der Waals surface area (Å²) in [5.41, 5.74) is 1.21. The van der Waals surface area contributed by atoms with Crippen molar-refractivity contribution in [3.63, 3.8) is 0 Å². The minimum atomic E-state index is 0.665. The van der Waals surface area contributed by atoms with E-state index in [9.17, 15) is 0 Å². The maximum Gasteiger partial charge on any atom is 0.119 e. The summed E-state index contributed by atoms with van der Waals surface area (Å²) in [6.07, 6.45) is 4.52. The van der Waals surface area contributed by atoms with E-state index in [1.165, 1.54) is 5.56 Å². The van der Waals surface area contributed by atoms with Gasteiger partial charge in [0.2, 0.25) is 0 Å². The summed E-state index contributed by atoms with van der Waals surface area (Å²) in [6, 6.07) is 9.99. The maximum atomic E-state index is 5.46. The van der Waals surface area contributed by atoms with E-state index in [4.69, 9.17) is 4.74 Å². The summed E-state index contributed by atoms with van der Waals surface area (Å²) in [5, 5.41) is 4.16. The topological polar surface area (TPSA) is 27.1 Å². The summed E-state index contributed by atoms with van der Waals surface area (Å²) < 4.78 is 7.36. The number of hydrogen-bond donors (Lipinski definition) is 0. The lowest BCUT2D eigenvalue weighted by Gasteiger charge is -2.06. The van der Waals surface area contributed by atoms with E-state index < -0.39 is 0 Å². The van der Waals surface area contributed by atoms with Crippen molar-refractivity contribution in [2.75, 3.05) is 6.61 Å². The maximum absolute atomic E-state index is 5.46. The van der Waals surface area contributed by atoms with Crippen molar-refractivity contribution in [1.29, 1.82) is 0 Å². The van der Waals surface area contributed by atoms with Crippen LogP contribution in [0, 0.1) is 6.92 Å². The molecule has 0 aliphatic heterocycles. The Morgan fingerprint density at radius 3 is 2.69 bits per heavy atom. The van der Waals surface area contributed by atoms with E-state index in [0.717, 1.165) is 18.7 Å². The summed E-state index contributed by atoms with van der Waals surface area (Å²) >= 11 is 0. The number of rotatable bonds is 5. The van der Waals surface area contributed by atoms with Gasteiger partial charge in [-0.25, -0.2) is 0 Å². The Balaban J connectivity index is 1.96. The lowest BCUT2D eigenvalue weighted by molar-refractivity contribution is 0.324. The first-order valence-electron chi connectivity index (χ1n) is 5.37. The fourth-order valence-electron chi connectivity index (χ4n) is 1.46. The highest BCUT2D eigenvalue weighted by Gasteiger charge is 1.96. The van der Waals surface area contributed by atoms with Gasteiger partial charge in [-0.2, -0.15) is 5.10 Å². The van der Waals surface area contributed by atoms with Crippen molar-refractivity contribution in [2.24, 2.45) is 0 Å². The molecule has 16 heavy (non-hydrogen) atoms. The standard InChI is InChI=1S/C13H15N2O/c1-2-10-16-13-6-4-12(5-7-13)11-15-9-3-8-14-15/h3-9H,1-2,10-11H2. The number of benzene rings is 1. The molecule has 0 aliphatic carbocycles. The Morgan fingerprint density at radius 1 is 1.25 bits per heavy atom. The molecule has 1 heterocycles. The van der Waals surface area contributed by atoms with Crippen LogP contribution in [0.5, 0.6) is 5.75 Å². The first kappa shape index (κ1) is 10.7. The van der Waals surface area contributed by atoms with Crippen LogP contribution in [0.2, 0.25) is 0 Å². The van der Waals surface area contributed by atoms with Gasteiger partial charge >= 0.3 is 0 Å². The zero-order valence-corrected chi connectivity index (χ0v) is 9.17. The van der Waals surface area contributed by atoms with E-state index in [1.54, 1.807) is 6.20 Å². The molecule has 2 rings (SSSR count). The molecule has 0 atom stereocenters. The second-order valence-corrected chi connectivity index (χ2v) is 3.55. The zero-order chi connectivity index (χ0) is 11.2. The van der Waals surface area contributed by atoms with Crippen molar-refractivity contribution < 1.29 is 4.74 Å². The van der Waals surface area contributed by atoms with Gasteiger partial charge in [-0.3, -0.25) is 4.68 Å². The quantitative estimate of drug-likeness (QED) is 0.766. The molecule has 0 saturated carbocycles. The Hall–Kier alpha value is -1.77. The molecule has 0 unspecified atom stereocenters. The highest BCUT2D eigenvalue weighted by Crippen LogP contribution is 2.13. The molecule has 3 nitrogen and oxygen atoms in total. The first-order chi connectivity index (χ1) is 7.88. The lowest BCUT2D eigenvalue weighted by Crippen LogP contribution is -2.00. The predicted molar refractivity (Wildman–Crippen MR) is 63.2 cm³/mol. The molecule has 1 radical (unpaired) electrons. The van der Waals surface area contributed by atoms with Gasteiger partial charge in [0, 0.05) is 12.4 Å². The van der Waals surface area contributed by atoms with E-state index in [0.29, 0.717) is 6.61 Å². The molecule has 0 bridgehead atoms. The van der Waals surface area contributed by atoms with Gasteiger partial charge in [-0.1, -0.05) is 12.1 Å². The molecule has 83 valence electrons. The Labute approximate surface area is 95.7 Å². The third-order valence-electron chi connectivity index (χ3n) is 2.24. The van der Waals surface area contributed by atoms with Gasteiger partial charge in [0.05, 0.1) is 13.2 Å². The summed E-state index contributed by atoms with van der Waals surface area (Å²) in [6.45, 7) is 5.19. The second kappa shape index (κ2) is 5.35. The van der Waals surface area contributed by atoms with Crippen LogP contribution in [0.15, 0.2) is 42.7 Å². The minimum Gasteiger partial charge on any atom is -0.494 e. The molecular formula is C13H15N2O. The van der Waals surface area contributed by atoms with Crippen LogP contribution in [0.4, 0.5) is 0 Å². The Kier molecular flexibility index (Phi) is 3.59. The summed E-state index contributed by atoms with van der Waals surface area (Å²) in [5.74, 6) is 0.896. The monoisotopic (exact) mass is 215 g/mol. The fraction of sp³-hybridized carbons (Fsp3) is 0.231. The molecule has 3 heteroatoms. The number of hydrogen-bond acceptors (Lipinski definition) is 2. The molecule has 0 fully saturated rings. The van der Waals surface area contributed by atoms with Gasteiger partial charge in [-0.05, 0) is 37.1 Å². The van der Waals surface area contributed by atoms with Crippen molar-refractivity contribution in [1.82, 2.24) is 9.78 Å². The smallest absolute Gasteiger partial charge is 0.119 e. The van der Waals surface area contributed by atoms with Crippen LogP contribution in [-0.4, -0.2) is 16.4 Å². The largest absolute Gasteiger partial charge is 0.494 e. The van der Waals surface area contributed by atoms with Gasteiger partial charge in [0.25, 0.3) is 0 Å². The normalized spacial score (nSPS) is 10.3. The van der Waals surface area contributed by atoms with Crippen LogP contribution in [0.3, 0.4) is 0 Å².